The first-order chi connectivity index (χ1) is 13.1. The van der Waals surface area contributed by atoms with Crippen molar-refractivity contribution in [3.8, 4) is 11.3 Å². The van der Waals surface area contributed by atoms with Gasteiger partial charge in [0, 0.05) is 44.2 Å². The molecule has 28 heavy (non-hydrogen) atoms. The summed E-state index contributed by atoms with van der Waals surface area (Å²) in [5.74, 6) is -1.18. The second-order valence-electron chi connectivity index (χ2n) is 7.63. The Bertz CT molecular complexity index is 968. The fraction of sp³-hybridized carbons (Fsp3) is 0.389. The molecule has 3 aromatic heterocycles. The Labute approximate surface area is 166 Å². The van der Waals surface area contributed by atoms with Crippen molar-refractivity contribution in [2.75, 3.05) is 6.61 Å². The number of fused-ring (bicyclic) bond motifs is 1. The van der Waals surface area contributed by atoms with Crippen LogP contribution in [0.2, 0.25) is 30.7 Å². The molecule has 0 aliphatic carbocycles. The third-order valence-electron chi connectivity index (χ3n) is 4.16. The highest BCUT2D eigenvalue weighted by atomic mass is 35.5. The van der Waals surface area contributed by atoms with Crippen molar-refractivity contribution in [3.63, 3.8) is 0 Å². The summed E-state index contributed by atoms with van der Waals surface area (Å²) in [6.07, 6.45) is -0.709. The molecule has 0 aliphatic heterocycles. The van der Waals surface area contributed by atoms with Crippen LogP contribution >= 0.6 is 11.6 Å². The molecular formula is C18H20ClF3N4OSi. The van der Waals surface area contributed by atoms with Crippen LogP contribution in [0.3, 0.4) is 0 Å². The monoisotopic (exact) mass is 428 g/mol. The summed E-state index contributed by atoms with van der Waals surface area (Å²) >= 11 is 6.27. The van der Waals surface area contributed by atoms with E-state index in [0.717, 1.165) is 18.4 Å². The second kappa shape index (κ2) is 7.80. The Balaban J connectivity index is 1.96. The Kier molecular flexibility index (Phi) is 5.78. The van der Waals surface area contributed by atoms with E-state index in [1.165, 1.54) is 0 Å². The van der Waals surface area contributed by atoms with Gasteiger partial charge < -0.3 is 9.30 Å². The zero-order valence-electron chi connectivity index (χ0n) is 15.7. The Morgan fingerprint density at radius 1 is 1.14 bits per heavy atom. The number of nitrogens with zero attached hydrogens (tertiary/aromatic N) is 4. The number of aromatic nitrogens is 4. The Hall–Kier alpha value is -1.97. The lowest BCUT2D eigenvalue weighted by atomic mass is 10.2. The van der Waals surface area contributed by atoms with Gasteiger partial charge in [0.2, 0.25) is 5.82 Å². The standard InChI is InChI=1S/C18H20ClF3N4OSi/c1-28(2,3)7-6-27-11-26-15(8-13-14(19)4-5-23-16(13)26)12-9-24-17(25-10-12)18(20,21)22/h4-5,8-10H,6-7,11H2,1-3H3. The van der Waals surface area contributed by atoms with Crippen LogP contribution in [0.25, 0.3) is 22.3 Å². The average Bonchev–Trinajstić information content (AvgIpc) is 2.97. The van der Waals surface area contributed by atoms with E-state index in [1.54, 1.807) is 22.9 Å². The maximum Gasteiger partial charge on any atom is 0.451 e. The molecule has 0 unspecified atom stereocenters. The first-order valence-electron chi connectivity index (χ1n) is 8.67. The van der Waals surface area contributed by atoms with Crippen molar-refractivity contribution < 1.29 is 17.9 Å². The highest BCUT2D eigenvalue weighted by Gasteiger charge is 2.34. The minimum absolute atomic E-state index is 0.206. The van der Waals surface area contributed by atoms with E-state index in [0.29, 0.717) is 33.9 Å². The van der Waals surface area contributed by atoms with Gasteiger partial charge >= 0.3 is 6.18 Å². The molecule has 3 rings (SSSR count). The highest BCUT2D eigenvalue weighted by molar-refractivity contribution is 6.76. The number of hydrogen-bond acceptors (Lipinski definition) is 4. The molecule has 10 heteroatoms. The van der Waals surface area contributed by atoms with Gasteiger partial charge in [0.05, 0.1) is 10.7 Å². The highest BCUT2D eigenvalue weighted by Crippen LogP contribution is 2.32. The molecule has 150 valence electrons. The lowest BCUT2D eigenvalue weighted by molar-refractivity contribution is -0.144. The predicted molar refractivity (Wildman–Crippen MR) is 105 cm³/mol. The van der Waals surface area contributed by atoms with Crippen molar-refractivity contribution in [1.29, 1.82) is 0 Å². The van der Waals surface area contributed by atoms with Crippen molar-refractivity contribution in [2.24, 2.45) is 0 Å². The van der Waals surface area contributed by atoms with Gasteiger partial charge in [-0.2, -0.15) is 13.2 Å². The maximum atomic E-state index is 12.7. The number of pyridine rings is 1. The minimum atomic E-state index is -4.59. The fourth-order valence-electron chi connectivity index (χ4n) is 2.63. The van der Waals surface area contributed by atoms with Gasteiger partial charge in [0.1, 0.15) is 12.4 Å². The van der Waals surface area contributed by atoms with Crippen LogP contribution in [-0.4, -0.2) is 34.2 Å². The van der Waals surface area contributed by atoms with Crippen molar-refractivity contribution in [3.05, 3.63) is 41.6 Å². The van der Waals surface area contributed by atoms with Gasteiger partial charge in [-0.05, 0) is 18.2 Å². The quantitative estimate of drug-likeness (QED) is 0.385. The first-order valence-corrected chi connectivity index (χ1v) is 12.8. The average molecular weight is 429 g/mol. The summed E-state index contributed by atoms with van der Waals surface area (Å²) in [5, 5.41) is 1.19. The fourth-order valence-corrected chi connectivity index (χ4v) is 3.58. The van der Waals surface area contributed by atoms with E-state index in [4.69, 9.17) is 16.3 Å². The van der Waals surface area contributed by atoms with Gasteiger partial charge in [-0.25, -0.2) is 15.0 Å². The van der Waals surface area contributed by atoms with Crippen LogP contribution in [0.15, 0.2) is 30.7 Å². The summed E-state index contributed by atoms with van der Waals surface area (Å²) in [7, 11) is -1.24. The van der Waals surface area contributed by atoms with E-state index in [2.05, 4.69) is 34.6 Å². The summed E-state index contributed by atoms with van der Waals surface area (Å²) in [4.78, 5) is 11.3. The van der Waals surface area contributed by atoms with Crippen molar-refractivity contribution in [1.82, 2.24) is 19.5 Å². The van der Waals surface area contributed by atoms with Gasteiger partial charge in [0.15, 0.2) is 0 Å². The Morgan fingerprint density at radius 2 is 1.82 bits per heavy atom. The lowest BCUT2D eigenvalue weighted by Gasteiger charge is -2.16. The van der Waals surface area contributed by atoms with Crippen molar-refractivity contribution >= 4 is 30.7 Å². The smallest absolute Gasteiger partial charge is 0.361 e. The van der Waals surface area contributed by atoms with E-state index >= 15 is 0 Å². The molecule has 0 bridgehead atoms. The Morgan fingerprint density at radius 3 is 2.43 bits per heavy atom. The minimum Gasteiger partial charge on any atom is -0.361 e. The third-order valence-corrected chi connectivity index (χ3v) is 6.20. The van der Waals surface area contributed by atoms with Crippen LogP contribution in [-0.2, 0) is 17.6 Å². The normalized spacial score (nSPS) is 12.7. The van der Waals surface area contributed by atoms with Gasteiger partial charge in [-0.3, -0.25) is 0 Å². The number of rotatable bonds is 6. The molecule has 0 radical (unpaired) electrons. The van der Waals surface area contributed by atoms with Gasteiger partial charge in [-0.1, -0.05) is 31.2 Å². The van der Waals surface area contributed by atoms with Crippen LogP contribution < -0.4 is 0 Å². The summed E-state index contributed by atoms with van der Waals surface area (Å²) in [5.41, 5.74) is 1.61. The third kappa shape index (κ3) is 4.71. The SMILES string of the molecule is C[Si](C)(C)CCOCn1c(-c2cnc(C(F)(F)F)nc2)cc2c(Cl)ccnc21. The lowest BCUT2D eigenvalue weighted by Crippen LogP contribution is -2.22. The molecule has 3 heterocycles. The van der Waals surface area contributed by atoms with Gasteiger partial charge in [0.25, 0.3) is 0 Å². The van der Waals surface area contributed by atoms with Crippen LogP contribution in [0.4, 0.5) is 13.2 Å². The molecule has 0 aromatic carbocycles. The molecule has 0 N–H and O–H groups in total. The summed E-state index contributed by atoms with van der Waals surface area (Å²) in [6.45, 7) is 7.58. The molecule has 0 fully saturated rings. The van der Waals surface area contributed by atoms with Crippen LogP contribution in [0.1, 0.15) is 5.82 Å². The second-order valence-corrected chi connectivity index (χ2v) is 13.7. The topological polar surface area (TPSA) is 52.8 Å². The predicted octanol–water partition coefficient (Wildman–Crippen LogP) is 5.48. The summed E-state index contributed by atoms with van der Waals surface area (Å²) < 4.78 is 45.9. The molecule has 3 aromatic rings. The van der Waals surface area contributed by atoms with Gasteiger partial charge in [-0.15, -0.1) is 0 Å². The van der Waals surface area contributed by atoms with E-state index in [1.807, 2.05) is 0 Å². The van der Waals surface area contributed by atoms with Crippen LogP contribution in [0.5, 0.6) is 0 Å². The molecule has 5 nitrogen and oxygen atoms in total. The molecule has 0 aliphatic rings. The molecule has 0 saturated heterocycles. The van der Waals surface area contributed by atoms with E-state index in [9.17, 15) is 13.2 Å². The van der Waals surface area contributed by atoms with Crippen molar-refractivity contribution in [2.45, 2.75) is 38.6 Å². The number of halogens is 4. The van der Waals surface area contributed by atoms with E-state index < -0.39 is 20.1 Å². The molecular weight excluding hydrogens is 409 g/mol. The molecule has 0 saturated carbocycles. The van der Waals surface area contributed by atoms with Crippen LogP contribution in [0, 0.1) is 0 Å². The largest absolute Gasteiger partial charge is 0.451 e. The number of hydrogen-bond donors (Lipinski definition) is 0. The number of ether oxygens (including phenoxy) is 1. The van der Waals surface area contributed by atoms with E-state index in [-0.39, 0.29) is 6.73 Å². The molecule has 0 amide bonds. The zero-order valence-corrected chi connectivity index (χ0v) is 17.5. The number of alkyl halides is 3. The molecule has 0 atom stereocenters. The zero-order chi connectivity index (χ0) is 20.5. The summed E-state index contributed by atoms with van der Waals surface area (Å²) in [6, 6.07) is 4.42. The molecule has 0 spiro atoms. The first kappa shape index (κ1) is 20.8. The maximum absolute atomic E-state index is 12.7.